The highest BCUT2D eigenvalue weighted by molar-refractivity contribution is 6.24. The van der Waals surface area contributed by atoms with E-state index in [1.54, 1.807) is 24.5 Å². The van der Waals surface area contributed by atoms with Gasteiger partial charge >= 0.3 is 0 Å². The first kappa shape index (κ1) is 41.0. The monoisotopic (exact) mass is 793 g/mol. The Bertz CT molecular complexity index is 2040. The van der Waals surface area contributed by atoms with Gasteiger partial charge in [-0.05, 0) is 80.5 Å². The van der Waals surface area contributed by atoms with Crippen molar-refractivity contribution >= 4 is 40.4 Å². The van der Waals surface area contributed by atoms with Crippen LogP contribution in [-0.4, -0.2) is 132 Å². The molecule has 5 amide bonds. The fourth-order valence-corrected chi connectivity index (χ4v) is 8.69. The summed E-state index contributed by atoms with van der Waals surface area (Å²) >= 11 is 0. The van der Waals surface area contributed by atoms with Crippen LogP contribution < -0.4 is 5.32 Å². The van der Waals surface area contributed by atoms with Gasteiger partial charge in [0, 0.05) is 50.6 Å². The number of carbonyl (C=O) groups is 5. The minimum absolute atomic E-state index is 0.00215. The highest BCUT2D eigenvalue weighted by atomic mass is 16.5. The lowest BCUT2D eigenvalue weighted by molar-refractivity contribution is -0.139. The van der Waals surface area contributed by atoms with E-state index in [9.17, 15) is 24.0 Å². The lowest BCUT2D eigenvalue weighted by Crippen LogP contribution is -2.54. The Kier molecular flexibility index (Phi) is 13.8. The van der Waals surface area contributed by atoms with Gasteiger partial charge in [-0.15, -0.1) is 0 Å². The molecule has 0 spiro atoms. The SMILES string of the molecule is N#CCc1ccc2c(CC3CCC(N4CCN(C(=O)COCCOCCOCCCc5cccc6c5C(=O)N(C5CCC(=O)NC5=O)C6=O)CC4)CC3)ncnc2c1. The minimum atomic E-state index is -0.992. The zero-order chi connectivity index (χ0) is 40.4. The molecule has 3 aromatic rings. The third kappa shape index (κ3) is 9.75. The number of nitrogens with zero attached hydrogens (tertiary/aromatic N) is 6. The van der Waals surface area contributed by atoms with Crippen molar-refractivity contribution in [2.75, 3.05) is 65.8 Å². The van der Waals surface area contributed by atoms with E-state index < -0.39 is 29.7 Å². The maximum absolute atomic E-state index is 13.3. The van der Waals surface area contributed by atoms with Crippen LogP contribution in [0.15, 0.2) is 42.7 Å². The van der Waals surface area contributed by atoms with Crippen molar-refractivity contribution in [3.05, 3.63) is 70.7 Å². The number of piperazine rings is 1. The number of nitriles is 1. The number of ether oxygens (including phenoxy) is 3. The lowest BCUT2D eigenvalue weighted by Gasteiger charge is -2.42. The molecule has 1 saturated carbocycles. The molecule has 2 saturated heterocycles. The summed E-state index contributed by atoms with van der Waals surface area (Å²) in [6, 6.07) is 12.9. The number of piperidine rings is 1. The smallest absolute Gasteiger partial charge is 0.262 e. The van der Waals surface area contributed by atoms with Crippen LogP contribution in [-0.2, 0) is 47.9 Å². The number of fused-ring (bicyclic) bond motifs is 2. The summed E-state index contributed by atoms with van der Waals surface area (Å²) < 4.78 is 16.9. The molecule has 0 bridgehead atoms. The average molecular weight is 794 g/mol. The lowest BCUT2D eigenvalue weighted by atomic mass is 9.82. The number of benzene rings is 2. The Hall–Kier alpha value is -5.14. The maximum atomic E-state index is 13.3. The zero-order valence-corrected chi connectivity index (χ0v) is 32.9. The number of amides is 5. The number of imide groups is 2. The van der Waals surface area contributed by atoms with Crippen molar-refractivity contribution in [2.45, 2.75) is 76.3 Å². The highest BCUT2D eigenvalue weighted by Crippen LogP contribution is 2.33. The normalized spacial score (nSPS) is 21.3. The molecule has 15 heteroatoms. The molecule has 1 aliphatic carbocycles. The van der Waals surface area contributed by atoms with E-state index >= 15 is 0 Å². The number of hydrogen-bond acceptors (Lipinski definition) is 12. The fourth-order valence-electron chi connectivity index (χ4n) is 8.69. The van der Waals surface area contributed by atoms with E-state index in [0.717, 1.165) is 77.8 Å². The van der Waals surface area contributed by atoms with Crippen LogP contribution in [0.4, 0.5) is 0 Å². The van der Waals surface area contributed by atoms with Gasteiger partial charge in [-0.1, -0.05) is 24.3 Å². The third-order valence-corrected chi connectivity index (χ3v) is 11.8. The first-order chi connectivity index (χ1) is 28.3. The van der Waals surface area contributed by atoms with Gasteiger partial charge in [0.15, 0.2) is 0 Å². The predicted molar refractivity (Wildman–Crippen MR) is 210 cm³/mol. The predicted octanol–water partition coefficient (Wildman–Crippen LogP) is 3.03. The Balaban J connectivity index is 0.716. The van der Waals surface area contributed by atoms with Crippen molar-refractivity contribution in [1.82, 2.24) is 30.0 Å². The number of carbonyl (C=O) groups excluding carboxylic acids is 5. The third-order valence-electron chi connectivity index (χ3n) is 11.8. The zero-order valence-electron chi connectivity index (χ0n) is 32.9. The summed E-state index contributed by atoms with van der Waals surface area (Å²) in [5.41, 5.74) is 4.28. The first-order valence-corrected chi connectivity index (χ1v) is 20.5. The summed E-state index contributed by atoms with van der Waals surface area (Å²) in [5, 5.41) is 12.3. The summed E-state index contributed by atoms with van der Waals surface area (Å²) in [5.74, 6) is -1.46. The summed E-state index contributed by atoms with van der Waals surface area (Å²) in [6.07, 6.45) is 8.90. The number of aryl methyl sites for hydroxylation is 1. The van der Waals surface area contributed by atoms with Crippen molar-refractivity contribution in [3.63, 3.8) is 0 Å². The molecule has 1 unspecified atom stereocenters. The maximum Gasteiger partial charge on any atom is 0.262 e. The van der Waals surface area contributed by atoms with Crippen molar-refractivity contribution in [3.8, 4) is 6.07 Å². The molecule has 3 fully saturated rings. The Labute approximate surface area is 338 Å². The molecule has 4 heterocycles. The second kappa shape index (κ2) is 19.5. The molecule has 58 heavy (non-hydrogen) atoms. The van der Waals surface area contributed by atoms with E-state index in [-0.39, 0.29) is 30.9 Å². The summed E-state index contributed by atoms with van der Waals surface area (Å²) in [7, 11) is 0. The van der Waals surface area contributed by atoms with Crippen LogP contribution in [0.25, 0.3) is 10.9 Å². The van der Waals surface area contributed by atoms with E-state index in [1.807, 2.05) is 17.0 Å². The van der Waals surface area contributed by atoms with E-state index in [1.165, 1.54) is 0 Å². The number of rotatable bonds is 17. The van der Waals surface area contributed by atoms with Crippen LogP contribution >= 0.6 is 0 Å². The molecule has 1 aromatic heterocycles. The van der Waals surface area contributed by atoms with Crippen LogP contribution in [0.1, 0.15) is 82.5 Å². The van der Waals surface area contributed by atoms with Gasteiger partial charge in [-0.3, -0.25) is 39.1 Å². The minimum Gasteiger partial charge on any atom is -0.379 e. The van der Waals surface area contributed by atoms with Gasteiger partial charge in [0.2, 0.25) is 17.7 Å². The molecule has 0 radical (unpaired) electrons. The second-order valence-corrected chi connectivity index (χ2v) is 15.5. The van der Waals surface area contributed by atoms with E-state index in [4.69, 9.17) is 19.5 Å². The van der Waals surface area contributed by atoms with Crippen LogP contribution in [0.5, 0.6) is 0 Å². The van der Waals surface area contributed by atoms with Crippen molar-refractivity contribution in [2.24, 2.45) is 5.92 Å². The quantitative estimate of drug-likeness (QED) is 0.156. The van der Waals surface area contributed by atoms with Gasteiger partial charge in [-0.2, -0.15) is 5.26 Å². The van der Waals surface area contributed by atoms with Crippen molar-refractivity contribution < 1.29 is 38.2 Å². The van der Waals surface area contributed by atoms with Gasteiger partial charge in [0.05, 0.1) is 61.3 Å². The van der Waals surface area contributed by atoms with Crippen LogP contribution in [0, 0.1) is 17.2 Å². The van der Waals surface area contributed by atoms with Gasteiger partial charge in [0.1, 0.15) is 19.0 Å². The number of nitrogens with one attached hydrogen (secondary N) is 1. The summed E-state index contributed by atoms with van der Waals surface area (Å²) in [6.45, 7) is 5.04. The molecule has 306 valence electrons. The summed E-state index contributed by atoms with van der Waals surface area (Å²) in [4.78, 5) is 77.5. The first-order valence-electron chi connectivity index (χ1n) is 20.5. The number of hydrogen-bond donors (Lipinski definition) is 1. The standard InChI is InChI=1S/C43H51N7O8/c44-15-14-30-8-11-33-35(45-28-46-36(33)26-30)25-29-6-9-32(10-7-29)48-16-18-49(19-17-48)39(52)27-58-24-23-57-22-21-56-20-2-4-31-3-1-5-34-40(31)43(55)50(42(34)54)37-12-13-38(51)47-41(37)53/h1,3,5,8,11,26,28-29,32,37H,2,4,6-7,9-10,12-14,16-25,27H2,(H,47,51,53). The highest BCUT2D eigenvalue weighted by Gasteiger charge is 2.45. The molecule has 2 aromatic carbocycles. The van der Waals surface area contributed by atoms with E-state index in [2.05, 4.69) is 32.3 Å². The van der Waals surface area contributed by atoms with Gasteiger partial charge in [0.25, 0.3) is 11.8 Å². The van der Waals surface area contributed by atoms with Gasteiger partial charge in [-0.25, -0.2) is 9.97 Å². The fraction of sp³-hybridized carbons (Fsp3) is 0.535. The Morgan fingerprint density at radius 3 is 2.38 bits per heavy atom. The van der Waals surface area contributed by atoms with Crippen LogP contribution in [0.2, 0.25) is 0 Å². The van der Waals surface area contributed by atoms with Crippen molar-refractivity contribution in [1.29, 1.82) is 5.26 Å². The average Bonchev–Trinajstić information content (AvgIpc) is 3.49. The Morgan fingerprint density at radius 1 is 0.862 bits per heavy atom. The largest absolute Gasteiger partial charge is 0.379 e. The molecule has 4 aliphatic rings. The topological polar surface area (TPSA) is 184 Å². The molecule has 1 N–H and O–H groups in total. The molecule has 3 aliphatic heterocycles. The van der Waals surface area contributed by atoms with Crippen LogP contribution in [0.3, 0.4) is 0 Å². The number of aromatic nitrogens is 2. The molecular weight excluding hydrogens is 743 g/mol. The molecule has 1 atom stereocenters. The molecule has 15 nitrogen and oxygen atoms in total. The molecule has 7 rings (SSSR count). The second-order valence-electron chi connectivity index (χ2n) is 15.5. The Morgan fingerprint density at radius 2 is 1.62 bits per heavy atom. The van der Waals surface area contributed by atoms with E-state index in [0.29, 0.717) is 82.9 Å². The molecular formula is C43H51N7O8. The van der Waals surface area contributed by atoms with Gasteiger partial charge < -0.3 is 19.1 Å².